The largest absolute Gasteiger partial charge is 0.494 e. The number of nitrogens with one attached hydrogen (secondary N) is 1. The van der Waals surface area contributed by atoms with E-state index in [-0.39, 0.29) is 6.10 Å². The molecular formula is C14H21NO4. The van der Waals surface area contributed by atoms with Gasteiger partial charge in [-0.1, -0.05) is 0 Å². The Kier molecular flexibility index (Phi) is 5.99. The zero-order valence-electron chi connectivity index (χ0n) is 11.9. The van der Waals surface area contributed by atoms with Gasteiger partial charge in [0.2, 0.25) is 0 Å². The fraction of sp³-hybridized carbons (Fsp3) is 0.500. The number of amides is 1. The van der Waals surface area contributed by atoms with Crippen LogP contribution < -0.4 is 14.8 Å². The molecule has 0 unspecified atom stereocenters. The molecule has 0 saturated heterocycles. The molecule has 1 aromatic carbocycles. The molecule has 1 N–H and O–H groups in total. The highest BCUT2D eigenvalue weighted by atomic mass is 16.6. The molecule has 0 heterocycles. The number of ether oxygens (including phenoxy) is 3. The van der Waals surface area contributed by atoms with E-state index in [1.54, 1.807) is 32.0 Å². The highest BCUT2D eigenvalue weighted by Crippen LogP contribution is 2.29. The predicted octanol–water partition coefficient (Wildman–Crippen LogP) is 3.44. The zero-order valence-corrected chi connectivity index (χ0v) is 11.9. The van der Waals surface area contributed by atoms with E-state index < -0.39 is 6.09 Å². The summed E-state index contributed by atoms with van der Waals surface area (Å²) >= 11 is 0. The van der Waals surface area contributed by atoms with Crippen molar-refractivity contribution in [1.82, 2.24) is 0 Å². The Morgan fingerprint density at radius 3 is 2.47 bits per heavy atom. The highest BCUT2D eigenvalue weighted by Gasteiger charge is 2.11. The molecular weight excluding hydrogens is 246 g/mol. The number of carbonyl (C=O) groups is 1. The summed E-state index contributed by atoms with van der Waals surface area (Å²) in [6, 6.07) is 5.26. The zero-order chi connectivity index (χ0) is 14.3. The lowest BCUT2D eigenvalue weighted by Crippen LogP contribution is -2.18. The second-order valence-corrected chi connectivity index (χ2v) is 4.10. The number of hydrogen-bond acceptors (Lipinski definition) is 4. The first-order chi connectivity index (χ1) is 9.06. The van der Waals surface area contributed by atoms with Crippen molar-refractivity contribution in [1.29, 1.82) is 0 Å². The maximum atomic E-state index is 11.6. The fourth-order valence-electron chi connectivity index (χ4n) is 1.49. The van der Waals surface area contributed by atoms with Crippen molar-refractivity contribution in [3.8, 4) is 11.5 Å². The van der Waals surface area contributed by atoms with Crippen LogP contribution in [-0.4, -0.2) is 25.4 Å². The Morgan fingerprint density at radius 2 is 1.89 bits per heavy atom. The van der Waals surface area contributed by atoms with Gasteiger partial charge in [-0.25, -0.2) is 4.79 Å². The van der Waals surface area contributed by atoms with Gasteiger partial charge >= 0.3 is 6.09 Å². The van der Waals surface area contributed by atoms with Crippen LogP contribution in [0, 0.1) is 0 Å². The van der Waals surface area contributed by atoms with Crippen molar-refractivity contribution < 1.29 is 19.0 Å². The molecule has 0 fully saturated rings. The van der Waals surface area contributed by atoms with Crippen LogP contribution in [0.4, 0.5) is 10.5 Å². The van der Waals surface area contributed by atoms with Crippen molar-refractivity contribution in [2.24, 2.45) is 0 Å². The lowest BCUT2D eigenvalue weighted by Gasteiger charge is -2.14. The van der Waals surface area contributed by atoms with E-state index in [1.165, 1.54) is 0 Å². The third kappa shape index (κ3) is 5.07. The first-order valence-corrected chi connectivity index (χ1v) is 6.44. The number of benzene rings is 1. The minimum atomic E-state index is -0.500. The second kappa shape index (κ2) is 7.51. The minimum Gasteiger partial charge on any atom is -0.494 e. The summed E-state index contributed by atoms with van der Waals surface area (Å²) in [6.07, 6.45) is -0.668. The average Bonchev–Trinajstić information content (AvgIpc) is 2.32. The summed E-state index contributed by atoms with van der Waals surface area (Å²) in [5.74, 6) is 1.27. The Bertz CT molecular complexity index is 418. The van der Waals surface area contributed by atoms with Crippen LogP contribution in [0.15, 0.2) is 18.2 Å². The number of rotatable bonds is 6. The molecule has 19 heavy (non-hydrogen) atoms. The monoisotopic (exact) mass is 267 g/mol. The van der Waals surface area contributed by atoms with Crippen LogP contribution in [0.2, 0.25) is 0 Å². The Hall–Kier alpha value is -1.91. The van der Waals surface area contributed by atoms with Gasteiger partial charge in [0, 0.05) is 6.07 Å². The molecule has 0 aromatic heterocycles. The summed E-state index contributed by atoms with van der Waals surface area (Å²) in [5.41, 5.74) is 0.566. The molecule has 0 aliphatic carbocycles. The van der Waals surface area contributed by atoms with Gasteiger partial charge in [-0.15, -0.1) is 0 Å². The lowest BCUT2D eigenvalue weighted by molar-refractivity contribution is 0.130. The maximum Gasteiger partial charge on any atom is 0.411 e. The lowest BCUT2D eigenvalue weighted by atomic mass is 10.2. The summed E-state index contributed by atoms with van der Waals surface area (Å²) in [7, 11) is 0. The first-order valence-electron chi connectivity index (χ1n) is 6.44. The van der Waals surface area contributed by atoms with E-state index >= 15 is 0 Å². The molecule has 1 aromatic rings. The number of hydrogen-bond donors (Lipinski definition) is 1. The molecule has 0 saturated carbocycles. The summed E-state index contributed by atoms with van der Waals surface area (Å²) < 4.78 is 15.9. The summed E-state index contributed by atoms with van der Waals surface area (Å²) in [5, 5.41) is 2.65. The highest BCUT2D eigenvalue weighted by molar-refractivity contribution is 5.87. The molecule has 0 bridgehead atoms. The third-order valence-electron chi connectivity index (χ3n) is 2.14. The van der Waals surface area contributed by atoms with Crippen molar-refractivity contribution in [3.05, 3.63) is 18.2 Å². The van der Waals surface area contributed by atoms with Gasteiger partial charge in [0.25, 0.3) is 0 Å². The molecule has 0 aliphatic rings. The van der Waals surface area contributed by atoms with Crippen LogP contribution in [0.3, 0.4) is 0 Å². The molecule has 0 radical (unpaired) electrons. The number of carbonyl (C=O) groups excluding carboxylic acids is 1. The molecule has 0 aliphatic heterocycles. The van der Waals surface area contributed by atoms with Crippen LogP contribution in [0.1, 0.15) is 27.7 Å². The molecule has 1 rings (SSSR count). The van der Waals surface area contributed by atoms with Gasteiger partial charge in [0.05, 0.1) is 25.0 Å². The normalized spacial score (nSPS) is 10.2. The molecule has 0 atom stereocenters. The van der Waals surface area contributed by atoms with Gasteiger partial charge in [-0.05, 0) is 39.8 Å². The fourth-order valence-corrected chi connectivity index (χ4v) is 1.49. The maximum absolute atomic E-state index is 11.6. The van der Waals surface area contributed by atoms with E-state index in [1.807, 2.05) is 13.8 Å². The van der Waals surface area contributed by atoms with Gasteiger partial charge < -0.3 is 14.2 Å². The van der Waals surface area contributed by atoms with Crippen molar-refractivity contribution >= 4 is 11.8 Å². The van der Waals surface area contributed by atoms with Crippen molar-refractivity contribution in [2.75, 3.05) is 18.5 Å². The van der Waals surface area contributed by atoms with Crippen molar-refractivity contribution in [2.45, 2.75) is 33.8 Å². The van der Waals surface area contributed by atoms with Crippen molar-refractivity contribution in [3.63, 3.8) is 0 Å². The van der Waals surface area contributed by atoms with Crippen LogP contribution in [-0.2, 0) is 4.74 Å². The van der Waals surface area contributed by atoms with E-state index in [0.717, 1.165) is 0 Å². The Morgan fingerprint density at radius 1 is 1.21 bits per heavy atom. The van der Waals surface area contributed by atoms with Crippen LogP contribution in [0.5, 0.6) is 11.5 Å². The topological polar surface area (TPSA) is 56.8 Å². The molecule has 1 amide bonds. The molecule has 5 heteroatoms. The van der Waals surface area contributed by atoms with Gasteiger partial charge in [0.15, 0.2) is 0 Å². The summed E-state index contributed by atoms with van der Waals surface area (Å²) in [6.45, 7) is 8.45. The minimum absolute atomic E-state index is 0.168. The van der Waals surface area contributed by atoms with E-state index in [9.17, 15) is 4.79 Å². The van der Waals surface area contributed by atoms with Crippen LogP contribution in [0.25, 0.3) is 0 Å². The molecule has 5 nitrogen and oxygen atoms in total. The Balaban J connectivity index is 2.83. The quantitative estimate of drug-likeness (QED) is 0.857. The third-order valence-corrected chi connectivity index (χ3v) is 2.14. The van der Waals surface area contributed by atoms with E-state index in [4.69, 9.17) is 14.2 Å². The number of anilines is 1. The van der Waals surface area contributed by atoms with E-state index in [2.05, 4.69) is 5.32 Å². The Labute approximate surface area is 113 Å². The second-order valence-electron chi connectivity index (χ2n) is 4.10. The van der Waals surface area contributed by atoms with Crippen LogP contribution >= 0.6 is 0 Å². The van der Waals surface area contributed by atoms with Gasteiger partial charge in [-0.3, -0.25) is 5.32 Å². The first kappa shape index (κ1) is 15.1. The van der Waals surface area contributed by atoms with Gasteiger partial charge in [0.1, 0.15) is 11.5 Å². The standard InChI is InChI=1S/C14H21NO4/c1-5-17-11-7-8-12(13(9-11)18-6-2)15-14(16)19-10(3)4/h7-10H,5-6H2,1-4H3,(H,15,16). The van der Waals surface area contributed by atoms with E-state index in [0.29, 0.717) is 30.4 Å². The molecule has 106 valence electrons. The molecule has 0 spiro atoms. The SMILES string of the molecule is CCOc1ccc(NC(=O)OC(C)C)c(OCC)c1. The average molecular weight is 267 g/mol. The predicted molar refractivity (Wildman–Crippen MR) is 74.0 cm³/mol. The van der Waals surface area contributed by atoms with Gasteiger partial charge in [-0.2, -0.15) is 0 Å². The summed E-state index contributed by atoms with van der Waals surface area (Å²) in [4.78, 5) is 11.6. The smallest absolute Gasteiger partial charge is 0.411 e.